The zero-order valence-corrected chi connectivity index (χ0v) is 25.9. The number of nitrogens with one attached hydrogen (secondary N) is 1. The number of carbonyl (C=O) groups is 1. The van der Waals surface area contributed by atoms with Crippen LogP contribution in [0, 0.1) is 6.92 Å². The number of aryl methyl sites for hydroxylation is 1. The van der Waals surface area contributed by atoms with Gasteiger partial charge in [-0.3, -0.25) is 19.7 Å². The lowest BCUT2D eigenvalue weighted by Gasteiger charge is -2.26. The first-order valence-electron chi connectivity index (χ1n) is 15.8. The van der Waals surface area contributed by atoms with Gasteiger partial charge in [0, 0.05) is 66.9 Å². The van der Waals surface area contributed by atoms with Crippen molar-refractivity contribution in [2.75, 3.05) is 44.8 Å². The molecule has 0 spiro atoms. The molecule has 2 aromatic heterocycles. The van der Waals surface area contributed by atoms with Crippen molar-refractivity contribution in [1.82, 2.24) is 19.9 Å². The molecule has 2 aliphatic rings. The number of hydrogen-bond donors (Lipinski definition) is 1. The molecule has 3 aromatic carbocycles. The molecular formula is C37H36N6O3. The Morgan fingerprint density at radius 2 is 1.93 bits per heavy atom. The maximum atomic E-state index is 12.9. The summed E-state index contributed by atoms with van der Waals surface area (Å²) < 4.78 is 11.8. The maximum absolute atomic E-state index is 12.9. The van der Waals surface area contributed by atoms with Crippen molar-refractivity contribution < 1.29 is 14.3 Å². The zero-order chi connectivity index (χ0) is 31.3. The second-order valence-electron chi connectivity index (χ2n) is 11.7. The Morgan fingerprint density at radius 3 is 2.80 bits per heavy atom. The number of rotatable bonds is 11. The minimum atomic E-state index is 0.0142. The van der Waals surface area contributed by atoms with Gasteiger partial charge >= 0.3 is 0 Å². The highest BCUT2D eigenvalue weighted by Crippen LogP contribution is 2.33. The van der Waals surface area contributed by atoms with E-state index in [0.717, 1.165) is 83.9 Å². The Morgan fingerprint density at radius 1 is 1.02 bits per heavy atom. The highest BCUT2D eigenvalue weighted by Gasteiger charge is 2.16. The summed E-state index contributed by atoms with van der Waals surface area (Å²) in [5.74, 6) is 2.10. The van der Waals surface area contributed by atoms with Gasteiger partial charge in [-0.25, -0.2) is 9.97 Å². The van der Waals surface area contributed by atoms with Gasteiger partial charge in [0.15, 0.2) is 11.6 Å². The summed E-state index contributed by atoms with van der Waals surface area (Å²) in [6.07, 6.45) is 6.38. The van der Waals surface area contributed by atoms with Gasteiger partial charge in [-0.15, -0.1) is 0 Å². The fraction of sp³-hybridized carbons (Fsp3) is 0.270. The van der Waals surface area contributed by atoms with E-state index in [1.165, 1.54) is 5.56 Å². The molecule has 5 aromatic rings. The van der Waals surface area contributed by atoms with Crippen molar-refractivity contribution in [3.05, 3.63) is 107 Å². The lowest BCUT2D eigenvalue weighted by Crippen LogP contribution is -2.37. The highest BCUT2D eigenvalue weighted by atomic mass is 16.5. The van der Waals surface area contributed by atoms with E-state index in [1.54, 1.807) is 24.5 Å². The number of hydrogen-bond acceptors (Lipinski definition) is 9. The Balaban J connectivity index is 1.19. The Kier molecular flexibility index (Phi) is 8.76. The molecule has 0 atom stereocenters. The van der Waals surface area contributed by atoms with Crippen LogP contribution in [-0.4, -0.2) is 71.3 Å². The minimum absolute atomic E-state index is 0.0142. The number of morpholine rings is 1. The lowest BCUT2D eigenvalue weighted by molar-refractivity contribution is 0.0358. The van der Waals surface area contributed by atoms with Gasteiger partial charge in [0.1, 0.15) is 11.6 Å². The smallest absolute Gasteiger partial charge is 0.168 e. The Hall–Kier alpha value is -4.99. The minimum Gasteiger partial charge on any atom is -0.493 e. The maximum Gasteiger partial charge on any atom is 0.168 e. The van der Waals surface area contributed by atoms with Gasteiger partial charge in [0.05, 0.1) is 31.9 Å². The predicted octanol–water partition coefficient (Wildman–Crippen LogP) is 6.20. The topological polar surface area (TPSA) is 102 Å². The molecule has 0 aliphatic carbocycles. The van der Waals surface area contributed by atoms with Crippen LogP contribution in [-0.2, 0) is 17.7 Å². The number of carbonyl (C=O) groups excluding carboxylic acids is 1. The first-order chi connectivity index (χ1) is 22.6. The van der Waals surface area contributed by atoms with E-state index >= 15 is 0 Å². The number of pyridine rings is 1. The first-order valence-corrected chi connectivity index (χ1v) is 15.8. The summed E-state index contributed by atoms with van der Waals surface area (Å²) in [6.45, 7) is 7.92. The molecule has 1 fully saturated rings. The fourth-order valence-electron chi connectivity index (χ4n) is 5.89. The molecule has 9 nitrogen and oxygen atoms in total. The van der Waals surface area contributed by atoms with E-state index in [2.05, 4.69) is 51.4 Å². The van der Waals surface area contributed by atoms with Crippen LogP contribution in [0.2, 0.25) is 0 Å². The van der Waals surface area contributed by atoms with Crippen LogP contribution >= 0.6 is 0 Å². The van der Waals surface area contributed by atoms with Crippen molar-refractivity contribution in [3.63, 3.8) is 0 Å². The molecule has 0 saturated carbocycles. The second-order valence-corrected chi connectivity index (χ2v) is 11.7. The van der Waals surface area contributed by atoms with Crippen molar-refractivity contribution >= 4 is 34.4 Å². The number of ether oxygens (including phenoxy) is 2. The number of benzene rings is 3. The van der Waals surface area contributed by atoms with E-state index in [-0.39, 0.29) is 12.2 Å². The SMILES string of the molecule is Cc1cc2nc(-c3cccc(CC(=O)c4cccnc4)c3)nc(Nc3ccc4c(c3)C=NC4)c2cc1OCCCN1CCOCC1. The molecule has 4 heterocycles. The van der Waals surface area contributed by atoms with Gasteiger partial charge in [-0.2, -0.15) is 0 Å². The average molecular weight is 613 g/mol. The Bertz CT molecular complexity index is 1900. The number of ketones is 1. The van der Waals surface area contributed by atoms with Gasteiger partial charge in [-0.05, 0) is 78.1 Å². The van der Waals surface area contributed by atoms with E-state index in [4.69, 9.17) is 19.4 Å². The van der Waals surface area contributed by atoms with E-state index in [0.29, 0.717) is 30.4 Å². The Labute approximate surface area is 268 Å². The number of fused-ring (bicyclic) bond motifs is 2. The fourth-order valence-corrected chi connectivity index (χ4v) is 5.89. The summed E-state index contributed by atoms with van der Waals surface area (Å²) in [5.41, 5.74) is 7.37. The predicted molar refractivity (Wildman–Crippen MR) is 180 cm³/mol. The molecule has 0 radical (unpaired) electrons. The number of aliphatic imine (C=N–C) groups is 1. The first kappa shape index (κ1) is 29.7. The summed E-state index contributed by atoms with van der Waals surface area (Å²) in [6, 6.07) is 21.8. The van der Waals surface area contributed by atoms with Crippen LogP contribution in [0.15, 0.2) is 84.1 Å². The highest BCUT2D eigenvalue weighted by molar-refractivity contribution is 5.97. The molecule has 232 valence electrons. The normalized spacial score (nSPS) is 14.4. The lowest BCUT2D eigenvalue weighted by atomic mass is 10.0. The molecule has 0 unspecified atom stereocenters. The quantitative estimate of drug-likeness (QED) is 0.139. The average Bonchev–Trinajstić information content (AvgIpc) is 3.56. The van der Waals surface area contributed by atoms with Crippen LogP contribution < -0.4 is 10.1 Å². The van der Waals surface area contributed by atoms with Gasteiger partial charge in [0.2, 0.25) is 0 Å². The standard InChI is InChI=1S/C37H36N6O3/c1-25-17-33-32(21-35(25)46-14-4-11-43-12-15-45-16-13-43)37(40-31-9-8-28-22-39-24-30(28)20-31)42-36(41-33)27-6-2-5-26(18-27)19-34(44)29-7-3-10-38-23-29/h2-3,5-10,17-18,20-21,23-24H,4,11-16,19,22H2,1H3,(H,40,41,42). The van der Waals surface area contributed by atoms with Crippen LogP contribution in [0.25, 0.3) is 22.3 Å². The summed E-state index contributed by atoms with van der Waals surface area (Å²) in [7, 11) is 0. The third-order valence-corrected chi connectivity index (χ3v) is 8.41. The third-order valence-electron chi connectivity index (χ3n) is 8.41. The number of Topliss-reactive ketones (excluding diaryl/α,β-unsaturated/α-hetero) is 1. The zero-order valence-electron chi connectivity index (χ0n) is 25.9. The third kappa shape index (κ3) is 6.80. The summed E-state index contributed by atoms with van der Waals surface area (Å²) in [4.78, 5) is 33.9. The molecule has 2 aliphatic heterocycles. The van der Waals surface area contributed by atoms with Crippen molar-refractivity contribution in [2.24, 2.45) is 4.99 Å². The summed E-state index contributed by atoms with van der Waals surface area (Å²) >= 11 is 0. The summed E-state index contributed by atoms with van der Waals surface area (Å²) in [5, 5.41) is 4.43. The number of anilines is 2. The molecule has 0 amide bonds. The largest absolute Gasteiger partial charge is 0.493 e. The molecular weight excluding hydrogens is 576 g/mol. The van der Waals surface area contributed by atoms with E-state index in [9.17, 15) is 4.79 Å². The van der Waals surface area contributed by atoms with Crippen LogP contribution in [0.1, 0.15) is 39.0 Å². The van der Waals surface area contributed by atoms with Crippen LogP contribution in [0.5, 0.6) is 5.75 Å². The molecule has 9 heteroatoms. The molecule has 46 heavy (non-hydrogen) atoms. The molecule has 7 rings (SSSR count). The van der Waals surface area contributed by atoms with E-state index < -0.39 is 0 Å². The van der Waals surface area contributed by atoms with Gasteiger partial charge < -0.3 is 14.8 Å². The molecule has 1 N–H and O–H groups in total. The monoisotopic (exact) mass is 612 g/mol. The van der Waals surface area contributed by atoms with Gasteiger partial charge in [0.25, 0.3) is 0 Å². The second kappa shape index (κ2) is 13.6. The van der Waals surface area contributed by atoms with Crippen molar-refractivity contribution in [3.8, 4) is 17.1 Å². The number of nitrogens with zero attached hydrogens (tertiary/aromatic N) is 5. The number of aromatic nitrogens is 3. The van der Waals surface area contributed by atoms with Crippen LogP contribution in [0.4, 0.5) is 11.5 Å². The van der Waals surface area contributed by atoms with Gasteiger partial charge in [-0.1, -0.05) is 24.3 Å². The van der Waals surface area contributed by atoms with E-state index in [1.807, 2.05) is 36.5 Å². The molecule has 1 saturated heterocycles. The van der Waals surface area contributed by atoms with Crippen LogP contribution in [0.3, 0.4) is 0 Å². The van der Waals surface area contributed by atoms with Crippen molar-refractivity contribution in [1.29, 1.82) is 0 Å². The van der Waals surface area contributed by atoms with Crippen molar-refractivity contribution in [2.45, 2.75) is 26.3 Å². The molecule has 0 bridgehead atoms.